The van der Waals surface area contributed by atoms with E-state index >= 15 is 0 Å². The molecule has 0 bridgehead atoms. The minimum atomic E-state index is -0.152. The lowest BCUT2D eigenvalue weighted by molar-refractivity contribution is 0.0779. The molecule has 2 aromatic carbocycles. The summed E-state index contributed by atoms with van der Waals surface area (Å²) in [5.41, 5.74) is 2.86. The van der Waals surface area contributed by atoms with Gasteiger partial charge in [0.15, 0.2) is 0 Å². The highest BCUT2D eigenvalue weighted by atomic mass is 35.5. The molecule has 3 rings (SSSR count). The van der Waals surface area contributed by atoms with Crippen LogP contribution < -0.4 is 10.1 Å². The summed E-state index contributed by atoms with van der Waals surface area (Å²) in [5, 5.41) is 3.82. The van der Waals surface area contributed by atoms with E-state index in [-0.39, 0.29) is 5.91 Å². The molecule has 27 heavy (non-hydrogen) atoms. The first-order valence-corrected chi connectivity index (χ1v) is 8.80. The van der Waals surface area contributed by atoms with Gasteiger partial charge in [0.25, 0.3) is 5.91 Å². The molecule has 138 valence electrons. The van der Waals surface area contributed by atoms with E-state index in [1.165, 1.54) is 0 Å². The zero-order chi connectivity index (χ0) is 19.2. The fourth-order valence-electron chi connectivity index (χ4n) is 2.68. The monoisotopic (exact) mass is 381 g/mol. The Labute approximate surface area is 163 Å². The van der Waals surface area contributed by atoms with Gasteiger partial charge in [0.1, 0.15) is 11.4 Å². The second-order valence-electron chi connectivity index (χ2n) is 6.05. The normalized spacial score (nSPS) is 10.3. The standard InChI is InChI=1S/C21H20ClN3O2/c1-25(14-15-6-4-3-5-7-15)21(26)19-13-17(10-11-23-19)24-18-12-16(22)8-9-20(18)27-2/h3-13H,14H2,1-2H3,(H,23,24). The van der Waals surface area contributed by atoms with Gasteiger partial charge in [0, 0.05) is 30.5 Å². The number of anilines is 2. The van der Waals surface area contributed by atoms with Gasteiger partial charge in [0.05, 0.1) is 12.8 Å². The largest absolute Gasteiger partial charge is 0.495 e. The van der Waals surface area contributed by atoms with Crippen LogP contribution in [0, 0.1) is 0 Å². The van der Waals surface area contributed by atoms with E-state index in [1.54, 1.807) is 55.6 Å². The van der Waals surface area contributed by atoms with Crippen LogP contribution >= 0.6 is 11.6 Å². The number of ether oxygens (including phenoxy) is 1. The van der Waals surface area contributed by atoms with E-state index in [1.807, 2.05) is 30.3 Å². The molecule has 0 unspecified atom stereocenters. The average molecular weight is 382 g/mol. The van der Waals surface area contributed by atoms with Gasteiger partial charge in [-0.15, -0.1) is 0 Å². The maximum Gasteiger partial charge on any atom is 0.272 e. The Balaban J connectivity index is 1.77. The van der Waals surface area contributed by atoms with Crippen molar-refractivity contribution >= 4 is 28.9 Å². The van der Waals surface area contributed by atoms with Crippen LogP contribution in [0.3, 0.4) is 0 Å². The smallest absolute Gasteiger partial charge is 0.272 e. The summed E-state index contributed by atoms with van der Waals surface area (Å²) in [5.74, 6) is 0.505. The highest BCUT2D eigenvalue weighted by molar-refractivity contribution is 6.31. The molecule has 1 amide bonds. The van der Waals surface area contributed by atoms with Crippen molar-refractivity contribution in [3.8, 4) is 5.75 Å². The Morgan fingerprint density at radius 2 is 1.93 bits per heavy atom. The number of pyridine rings is 1. The van der Waals surface area contributed by atoms with E-state index in [4.69, 9.17) is 16.3 Å². The van der Waals surface area contributed by atoms with Gasteiger partial charge in [0.2, 0.25) is 0 Å². The maximum atomic E-state index is 12.7. The predicted octanol–water partition coefficient (Wildman–Crippen LogP) is 4.76. The second-order valence-corrected chi connectivity index (χ2v) is 6.48. The number of benzene rings is 2. The third-order valence-corrected chi connectivity index (χ3v) is 4.26. The van der Waals surface area contributed by atoms with Crippen molar-refractivity contribution in [1.29, 1.82) is 0 Å². The summed E-state index contributed by atoms with van der Waals surface area (Å²) < 4.78 is 5.34. The van der Waals surface area contributed by atoms with Crippen LogP contribution in [0.5, 0.6) is 5.75 Å². The second kappa shape index (κ2) is 8.56. The first-order chi connectivity index (χ1) is 13.1. The summed E-state index contributed by atoms with van der Waals surface area (Å²) in [6, 6.07) is 18.6. The molecule has 0 aliphatic heterocycles. The number of nitrogens with zero attached hydrogens (tertiary/aromatic N) is 2. The van der Waals surface area contributed by atoms with Gasteiger partial charge in [-0.3, -0.25) is 9.78 Å². The summed E-state index contributed by atoms with van der Waals surface area (Å²) in [6.07, 6.45) is 1.60. The molecule has 0 radical (unpaired) electrons. The van der Waals surface area contributed by atoms with Crippen LogP contribution in [0.15, 0.2) is 66.9 Å². The highest BCUT2D eigenvalue weighted by Gasteiger charge is 2.14. The van der Waals surface area contributed by atoms with Crippen LogP contribution in [0.25, 0.3) is 0 Å². The number of hydrogen-bond acceptors (Lipinski definition) is 4. The summed E-state index contributed by atoms with van der Waals surface area (Å²) in [4.78, 5) is 18.6. The number of rotatable bonds is 6. The SMILES string of the molecule is COc1ccc(Cl)cc1Nc1ccnc(C(=O)N(C)Cc2ccccc2)c1. The Bertz CT molecular complexity index is 932. The molecule has 0 aliphatic carbocycles. The van der Waals surface area contributed by atoms with Crippen LogP contribution in [-0.2, 0) is 6.54 Å². The van der Waals surface area contributed by atoms with Crippen molar-refractivity contribution in [3.05, 3.63) is 83.1 Å². The van der Waals surface area contributed by atoms with Gasteiger partial charge < -0.3 is 15.0 Å². The predicted molar refractivity (Wildman–Crippen MR) is 108 cm³/mol. The van der Waals surface area contributed by atoms with Gasteiger partial charge in [-0.2, -0.15) is 0 Å². The summed E-state index contributed by atoms with van der Waals surface area (Å²) in [6.45, 7) is 0.515. The van der Waals surface area contributed by atoms with Gasteiger partial charge in [-0.1, -0.05) is 41.9 Å². The summed E-state index contributed by atoms with van der Waals surface area (Å²) in [7, 11) is 3.35. The maximum absolute atomic E-state index is 12.7. The molecule has 0 spiro atoms. The number of nitrogens with one attached hydrogen (secondary N) is 1. The molecule has 6 heteroatoms. The number of carbonyl (C=O) groups excluding carboxylic acids is 1. The van der Waals surface area contributed by atoms with Crippen molar-refractivity contribution < 1.29 is 9.53 Å². The van der Waals surface area contributed by atoms with Crippen LogP contribution in [-0.4, -0.2) is 29.9 Å². The van der Waals surface area contributed by atoms with E-state index in [0.717, 1.165) is 11.3 Å². The zero-order valence-corrected chi connectivity index (χ0v) is 15.9. The quantitative estimate of drug-likeness (QED) is 0.668. The first-order valence-electron chi connectivity index (χ1n) is 8.43. The van der Waals surface area contributed by atoms with E-state index in [9.17, 15) is 4.79 Å². The van der Waals surface area contributed by atoms with Crippen molar-refractivity contribution in [2.24, 2.45) is 0 Å². The topological polar surface area (TPSA) is 54.5 Å². The molecule has 1 heterocycles. The van der Waals surface area contributed by atoms with Crippen LogP contribution in [0.4, 0.5) is 11.4 Å². The van der Waals surface area contributed by atoms with Crippen molar-refractivity contribution in [2.45, 2.75) is 6.54 Å². The average Bonchev–Trinajstić information content (AvgIpc) is 2.68. The van der Waals surface area contributed by atoms with Crippen molar-refractivity contribution in [1.82, 2.24) is 9.88 Å². The van der Waals surface area contributed by atoms with Gasteiger partial charge >= 0.3 is 0 Å². The number of hydrogen-bond donors (Lipinski definition) is 1. The third-order valence-electron chi connectivity index (χ3n) is 4.03. The Hall–Kier alpha value is -3.05. The molecule has 0 atom stereocenters. The van der Waals surface area contributed by atoms with Gasteiger partial charge in [-0.05, 0) is 35.9 Å². The molecule has 0 saturated heterocycles. The van der Waals surface area contributed by atoms with Gasteiger partial charge in [-0.25, -0.2) is 0 Å². The number of amides is 1. The molecule has 3 aromatic rings. The van der Waals surface area contributed by atoms with E-state index in [0.29, 0.717) is 28.7 Å². The van der Waals surface area contributed by atoms with E-state index < -0.39 is 0 Å². The lowest BCUT2D eigenvalue weighted by atomic mass is 10.2. The molecule has 0 aliphatic rings. The first kappa shape index (κ1) is 18.7. The molecular formula is C21H20ClN3O2. The molecule has 0 fully saturated rings. The Morgan fingerprint density at radius 3 is 2.67 bits per heavy atom. The fraction of sp³-hybridized carbons (Fsp3) is 0.143. The Morgan fingerprint density at radius 1 is 1.15 bits per heavy atom. The molecule has 0 saturated carbocycles. The lowest BCUT2D eigenvalue weighted by Crippen LogP contribution is -2.27. The van der Waals surface area contributed by atoms with Crippen LogP contribution in [0.2, 0.25) is 5.02 Å². The van der Waals surface area contributed by atoms with Crippen LogP contribution in [0.1, 0.15) is 16.1 Å². The number of carbonyl (C=O) groups is 1. The summed E-state index contributed by atoms with van der Waals surface area (Å²) >= 11 is 6.07. The molecule has 1 aromatic heterocycles. The highest BCUT2D eigenvalue weighted by Crippen LogP contribution is 2.30. The minimum absolute atomic E-state index is 0.152. The number of aromatic nitrogens is 1. The third kappa shape index (κ3) is 4.77. The van der Waals surface area contributed by atoms with Crippen molar-refractivity contribution in [3.63, 3.8) is 0 Å². The minimum Gasteiger partial charge on any atom is -0.495 e. The number of halogens is 1. The van der Waals surface area contributed by atoms with Crippen molar-refractivity contribution in [2.75, 3.05) is 19.5 Å². The molecule has 5 nitrogen and oxygen atoms in total. The number of methoxy groups -OCH3 is 1. The fourth-order valence-corrected chi connectivity index (χ4v) is 2.86. The Kier molecular flexibility index (Phi) is 5.94. The lowest BCUT2D eigenvalue weighted by Gasteiger charge is -2.17. The molecular weight excluding hydrogens is 362 g/mol. The van der Waals surface area contributed by atoms with E-state index in [2.05, 4.69) is 10.3 Å². The zero-order valence-electron chi connectivity index (χ0n) is 15.1. The molecule has 1 N–H and O–H groups in total.